The highest BCUT2D eigenvalue weighted by atomic mass is 79.9. The summed E-state index contributed by atoms with van der Waals surface area (Å²) in [5.74, 6) is -1.29. The number of nitrogens with zero attached hydrogens (tertiary/aromatic N) is 1. The van der Waals surface area contributed by atoms with Crippen LogP contribution < -0.4 is 0 Å². The van der Waals surface area contributed by atoms with Crippen molar-refractivity contribution in [2.45, 2.75) is 44.8 Å². The fourth-order valence-corrected chi connectivity index (χ4v) is 4.16. The molecule has 0 aliphatic heterocycles. The van der Waals surface area contributed by atoms with E-state index in [4.69, 9.17) is 5.11 Å². The summed E-state index contributed by atoms with van der Waals surface area (Å²) in [4.78, 5) is 10.8. The topological polar surface area (TPSA) is 82.7 Å². The number of rotatable bonds is 9. The first-order chi connectivity index (χ1) is 15.7. The van der Waals surface area contributed by atoms with Gasteiger partial charge in [-0.05, 0) is 47.9 Å². The van der Waals surface area contributed by atoms with Crippen molar-refractivity contribution in [1.29, 1.82) is 0 Å². The summed E-state index contributed by atoms with van der Waals surface area (Å²) in [7, 11) is 0. The number of aliphatic carboxylic acids is 1. The van der Waals surface area contributed by atoms with Gasteiger partial charge in [0.25, 0.3) is 0 Å². The lowest BCUT2D eigenvalue weighted by Gasteiger charge is -2.15. The molecule has 0 saturated carbocycles. The smallest absolute Gasteiger partial charge is 0.305 e. The van der Waals surface area contributed by atoms with E-state index in [1.165, 1.54) is 12.1 Å². The highest BCUT2D eigenvalue weighted by molar-refractivity contribution is 9.10. The van der Waals surface area contributed by atoms with Crippen molar-refractivity contribution >= 4 is 28.1 Å². The van der Waals surface area contributed by atoms with E-state index in [0.717, 1.165) is 32.6 Å². The molecule has 174 valence electrons. The Labute approximate surface area is 201 Å². The Balaban J connectivity index is 2.11. The summed E-state index contributed by atoms with van der Waals surface area (Å²) in [5.41, 5.74) is 4.57. The number of hydrogen-bond donors (Lipinski definition) is 3. The van der Waals surface area contributed by atoms with Crippen LogP contribution in [-0.4, -0.2) is 38.1 Å². The second-order valence-corrected chi connectivity index (χ2v) is 9.19. The molecule has 33 heavy (non-hydrogen) atoms. The summed E-state index contributed by atoms with van der Waals surface area (Å²) in [6, 6.07) is 16.2. The molecule has 0 spiro atoms. The van der Waals surface area contributed by atoms with E-state index in [2.05, 4.69) is 35.8 Å². The van der Waals surface area contributed by atoms with Gasteiger partial charge in [-0.15, -0.1) is 0 Å². The highest BCUT2D eigenvalue weighted by Gasteiger charge is 2.20. The van der Waals surface area contributed by atoms with E-state index in [9.17, 15) is 19.4 Å². The molecule has 0 radical (unpaired) electrons. The second kappa shape index (κ2) is 10.9. The van der Waals surface area contributed by atoms with Gasteiger partial charge < -0.3 is 19.9 Å². The molecule has 0 unspecified atom stereocenters. The maximum atomic E-state index is 13.6. The van der Waals surface area contributed by atoms with Crippen molar-refractivity contribution in [3.63, 3.8) is 0 Å². The minimum absolute atomic E-state index is 0.0852. The van der Waals surface area contributed by atoms with Crippen molar-refractivity contribution in [1.82, 2.24) is 4.57 Å². The Kier molecular flexibility index (Phi) is 8.24. The molecule has 2 aromatic carbocycles. The number of halogens is 2. The number of carboxylic acids is 1. The van der Waals surface area contributed by atoms with Crippen LogP contribution in [0.4, 0.5) is 4.39 Å². The van der Waals surface area contributed by atoms with Crippen LogP contribution in [0, 0.1) is 5.82 Å². The van der Waals surface area contributed by atoms with Crippen molar-refractivity contribution in [3.05, 3.63) is 76.7 Å². The molecule has 1 heterocycles. The summed E-state index contributed by atoms with van der Waals surface area (Å²) >= 11 is 3.53. The Bertz CT molecular complexity index is 1140. The molecule has 0 aliphatic rings. The van der Waals surface area contributed by atoms with E-state index in [1.54, 1.807) is 24.4 Å². The van der Waals surface area contributed by atoms with Crippen LogP contribution in [0.25, 0.3) is 28.6 Å². The standard InChI is InChI=1S/C26H27BrFNO4/c1-16(2)24-15-23(17-6-8-20(28)9-7-17)26(18-4-3-5-19(27)12-18)29(24)11-10-21(30)13-22(31)14-25(32)33/h3-12,15-16,21-22,30-31H,13-14H2,1-2H3,(H,32,33)/b11-10+/t21-,22-/m1/s1. The molecule has 0 aliphatic carbocycles. The monoisotopic (exact) mass is 515 g/mol. The van der Waals surface area contributed by atoms with E-state index >= 15 is 0 Å². The fourth-order valence-electron chi connectivity index (χ4n) is 3.76. The van der Waals surface area contributed by atoms with Crippen LogP contribution in [0.1, 0.15) is 38.3 Å². The van der Waals surface area contributed by atoms with Gasteiger partial charge >= 0.3 is 5.97 Å². The first kappa shape index (κ1) is 24.9. The molecule has 5 nitrogen and oxygen atoms in total. The van der Waals surface area contributed by atoms with Crippen molar-refractivity contribution in [3.8, 4) is 22.4 Å². The first-order valence-corrected chi connectivity index (χ1v) is 11.5. The van der Waals surface area contributed by atoms with Gasteiger partial charge in [-0.2, -0.15) is 0 Å². The Hall–Kier alpha value is -2.74. The molecular formula is C26H27BrFNO4. The third-order valence-electron chi connectivity index (χ3n) is 5.29. The minimum Gasteiger partial charge on any atom is -0.481 e. The Morgan fingerprint density at radius 2 is 1.79 bits per heavy atom. The minimum atomic E-state index is -1.14. The molecule has 1 aromatic heterocycles. The number of benzene rings is 2. The van der Waals surface area contributed by atoms with Crippen LogP contribution in [0.15, 0.2) is 65.1 Å². The van der Waals surface area contributed by atoms with Crippen molar-refractivity contribution < 1.29 is 24.5 Å². The van der Waals surface area contributed by atoms with Gasteiger partial charge in [-0.1, -0.05) is 54.0 Å². The predicted octanol–water partition coefficient (Wildman–Crippen LogP) is 5.90. The van der Waals surface area contributed by atoms with Crippen LogP contribution in [0.3, 0.4) is 0 Å². The van der Waals surface area contributed by atoms with Crippen molar-refractivity contribution in [2.75, 3.05) is 0 Å². The SMILES string of the molecule is CC(C)c1cc(-c2ccc(F)cc2)c(-c2cccc(Br)c2)n1/C=C/[C@@H](O)C[C@@H](O)CC(=O)O. The molecular weight excluding hydrogens is 489 g/mol. The lowest BCUT2D eigenvalue weighted by atomic mass is 10.0. The predicted molar refractivity (Wildman–Crippen MR) is 131 cm³/mol. The van der Waals surface area contributed by atoms with E-state index in [1.807, 2.05) is 28.8 Å². The van der Waals surface area contributed by atoms with Gasteiger partial charge in [-0.3, -0.25) is 4.79 Å². The molecule has 2 atom stereocenters. The van der Waals surface area contributed by atoms with Crippen LogP contribution in [0.2, 0.25) is 0 Å². The summed E-state index contributed by atoms with van der Waals surface area (Å²) in [6.07, 6.45) is 0.618. The molecule has 0 saturated heterocycles. The number of aliphatic hydroxyl groups is 2. The van der Waals surface area contributed by atoms with Crippen LogP contribution >= 0.6 is 15.9 Å². The maximum absolute atomic E-state index is 13.6. The first-order valence-electron chi connectivity index (χ1n) is 10.7. The van der Waals surface area contributed by atoms with Gasteiger partial charge in [0.05, 0.1) is 24.3 Å². The van der Waals surface area contributed by atoms with E-state index in [-0.39, 0.29) is 18.2 Å². The Morgan fingerprint density at radius 1 is 1.09 bits per heavy atom. The number of carboxylic acid groups (broad SMARTS) is 1. The summed E-state index contributed by atoms with van der Waals surface area (Å²) in [5, 5.41) is 29.1. The van der Waals surface area contributed by atoms with Gasteiger partial charge in [-0.25, -0.2) is 4.39 Å². The van der Waals surface area contributed by atoms with Crippen LogP contribution in [-0.2, 0) is 4.79 Å². The number of aromatic nitrogens is 1. The third-order valence-corrected chi connectivity index (χ3v) is 5.79. The average molecular weight is 516 g/mol. The molecule has 0 fully saturated rings. The zero-order chi connectivity index (χ0) is 24.1. The lowest BCUT2D eigenvalue weighted by molar-refractivity contribution is -0.139. The molecule has 3 N–H and O–H groups in total. The van der Waals surface area contributed by atoms with Gasteiger partial charge in [0.15, 0.2) is 0 Å². The maximum Gasteiger partial charge on any atom is 0.305 e. The zero-order valence-electron chi connectivity index (χ0n) is 18.5. The molecule has 3 rings (SSSR count). The summed E-state index contributed by atoms with van der Waals surface area (Å²) < 4.78 is 16.5. The number of carbonyl (C=O) groups is 1. The highest BCUT2D eigenvalue weighted by Crippen LogP contribution is 2.38. The summed E-state index contributed by atoms with van der Waals surface area (Å²) in [6.45, 7) is 4.12. The van der Waals surface area contributed by atoms with Crippen molar-refractivity contribution in [2.24, 2.45) is 0 Å². The van der Waals surface area contributed by atoms with E-state index in [0.29, 0.717) is 0 Å². The largest absolute Gasteiger partial charge is 0.481 e. The number of hydrogen-bond acceptors (Lipinski definition) is 3. The molecule has 0 bridgehead atoms. The van der Waals surface area contributed by atoms with Gasteiger partial charge in [0.1, 0.15) is 5.82 Å². The third kappa shape index (κ3) is 6.41. The fraction of sp³-hybridized carbons (Fsp3) is 0.269. The molecule has 3 aromatic rings. The van der Waals surface area contributed by atoms with Gasteiger partial charge in [0.2, 0.25) is 0 Å². The normalized spacial score (nSPS) is 13.5. The zero-order valence-corrected chi connectivity index (χ0v) is 20.0. The quantitative estimate of drug-likeness (QED) is 0.331. The lowest BCUT2D eigenvalue weighted by Crippen LogP contribution is -2.19. The average Bonchev–Trinajstić information content (AvgIpc) is 3.12. The van der Waals surface area contributed by atoms with Crippen LogP contribution in [0.5, 0.6) is 0 Å². The number of aliphatic hydroxyl groups excluding tert-OH is 2. The second-order valence-electron chi connectivity index (χ2n) is 8.27. The van der Waals surface area contributed by atoms with E-state index < -0.39 is 24.6 Å². The Morgan fingerprint density at radius 3 is 2.39 bits per heavy atom. The van der Waals surface area contributed by atoms with Gasteiger partial charge in [0, 0.05) is 33.9 Å². The molecule has 0 amide bonds. The molecule has 7 heteroatoms.